The number of nitrogens with two attached hydrogens (primary N) is 1. The van der Waals surface area contributed by atoms with Crippen LogP contribution in [-0.4, -0.2) is 38.1 Å². The van der Waals surface area contributed by atoms with E-state index in [1.807, 2.05) is 18.2 Å². The molecular weight excluding hydrogens is 234 g/mol. The zero-order valence-electron chi connectivity index (χ0n) is 10.1. The van der Waals surface area contributed by atoms with Crippen LogP contribution in [-0.2, 0) is 4.74 Å². The van der Waals surface area contributed by atoms with E-state index in [9.17, 15) is 5.11 Å². The van der Waals surface area contributed by atoms with E-state index in [0.29, 0.717) is 26.4 Å². The van der Waals surface area contributed by atoms with Crippen molar-refractivity contribution in [1.29, 1.82) is 0 Å². The second-order valence-corrected chi connectivity index (χ2v) is 4.89. The van der Waals surface area contributed by atoms with Crippen LogP contribution in [0.3, 0.4) is 0 Å². The average molecular weight is 251 g/mol. The van der Waals surface area contributed by atoms with Crippen LogP contribution < -0.4 is 15.2 Å². The minimum Gasteiger partial charge on any atom is -0.486 e. The summed E-state index contributed by atoms with van der Waals surface area (Å²) < 4.78 is 16.2. The lowest BCUT2D eigenvalue weighted by atomic mass is 9.76. The number of aliphatic hydroxyl groups is 1. The smallest absolute Gasteiger partial charge is 0.161 e. The zero-order chi connectivity index (χ0) is 12.6. The largest absolute Gasteiger partial charge is 0.486 e. The van der Waals surface area contributed by atoms with Gasteiger partial charge in [-0.25, -0.2) is 0 Å². The number of fused-ring (bicyclic) bond motifs is 1. The molecule has 18 heavy (non-hydrogen) atoms. The first kappa shape index (κ1) is 11.8. The average Bonchev–Trinajstić information content (AvgIpc) is 2.37. The molecule has 0 radical (unpaired) electrons. The van der Waals surface area contributed by atoms with E-state index in [2.05, 4.69) is 0 Å². The van der Waals surface area contributed by atoms with Crippen LogP contribution in [0.25, 0.3) is 0 Å². The van der Waals surface area contributed by atoms with Crippen molar-refractivity contribution in [1.82, 2.24) is 0 Å². The predicted molar refractivity (Wildman–Crippen MR) is 64.7 cm³/mol. The molecular formula is C13H17NO4. The maximum atomic E-state index is 9.49. The summed E-state index contributed by atoms with van der Waals surface area (Å²) >= 11 is 0. The highest BCUT2D eigenvalue weighted by molar-refractivity contribution is 5.45. The van der Waals surface area contributed by atoms with Gasteiger partial charge >= 0.3 is 0 Å². The van der Waals surface area contributed by atoms with Crippen molar-refractivity contribution in [2.24, 2.45) is 11.1 Å². The Labute approximate surface area is 105 Å². The third-order valence-corrected chi connectivity index (χ3v) is 3.68. The van der Waals surface area contributed by atoms with Gasteiger partial charge in [0.25, 0.3) is 0 Å². The van der Waals surface area contributed by atoms with Crippen molar-refractivity contribution in [3.05, 3.63) is 23.8 Å². The Balaban J connectivity index is 1.87. The van der Waals surface area contributed by atoms with Gasteiger partial charge in [-0.15, -0.1) is 0 Å². The highest BCUT2D eigenvalue weighted by atomic mass is 16.6. The number of hydrogen-bond donors (Lipinski definition) is 2. The molecule has 1 aromatic rings. The summed E-state index contributed by atoms with van der Waals surface area (Å²) in [6, 6.07) is 5.43. The Hall–Kier alpha value is -1.30. The molecule has 98 valence electrons. The molecule has 1 aromatic carbocycles. The van der Waals surface area contributed by atoms with Gasteiger partial charge < -0.3 is 25.1 Å². The molecule has 2 heterocycles. The molecule has 2 aliphatic heterocycles. The Bertz CT molecular complexity index is 439. The molecule has 2 aliphatic rings. The van der Waals surface area contributed by atoms with Crippen LogP contribution in [0.4, 0.5) is 0 Å². The Morgan fingerprint density at radius 3 is 2.56 bits per heavy atom. The number of hydrogen-bond acceptors (Lipinski definition) is 5. The molecule has 0 aliphatic carbocycles. The monoisotopic (exact) mass is 251 g/mol. The van der Waals surface area contributed by atoms with E-state index in [-0.39, 0.29) is 18.1 Å². The minimum atomic E-state index is -0.357. The molecule has 1 atom stereocenters. The minimum absolute atomic E-state index is 0.0304. The Morgan fingerprint density at radius 1 is 1.22 bits per heavy atom. The molecule has 0 saturated carbocycles. The molecule has 3 rings (SSSR count). The molecule has 0 aromatic heterocycles. The maximum Gasteiger partial charge on any atom is 0.161 e. The second kappa shape index (κ2) is 4.42. The summed E-state index contributed by atoms with van der Waals surface area (Å²) in [6.07, 6.45) is 0. The van der Waals surface area contributed by atoms with Gasteiger partial charge in [0, 0.05) is 6.04 Å². The molecule has 1 unspecified atom stereocenters. The van der Waals surface area contributed by atoms with Crippen molar-refractivity contribution < 1.29 is 19.3 Å². The van der Waals surface area contributed by atoms with Gasteiger partial charge in [-0.2, -0.15) is 0 Å². The van der Waals surface area contributed by atoms with E-state index in [0.717, 1.165) is 17.1 Å². The first-order valence-electron chi connectivity index (χ1n) is 6.09. The van der Waals surface area contributed by atoms with Gasteiger partial charge in [0.1, 0.15) is 13.2 Å². The molecule has 5 heteroatoms. The summed E-state index contributed by atoms with van der Waals surface area (Å²) in [5, 5.41) is 9.49. The van der Waals surface area contributed by atoms with E-state index in [1.165, 1.54) is 0 Å². The van der Waals surface area contributed by atoms with E-state index >= 15 is 0 Å². The quantitative estimate of drug-likeness (QED) is 0.816. The van der Waals surface area contributed by atoms with Gasteiger partial charge in [-0.3, -0.25) is 0 Å². The normalized spacial score (nSPS) is 22.1. The summed E-state index contributed by atoms with van der Waals surface area (Å²) in [4.78, 5) is 0. The molecule has 3 N–H and O–H groups in total. The fourth-order valence-corrected chi connectivity index (χ4v) is 2.34. The van der Waals surface area contributed by atoms with Gasteiger partial charge in [-0.1, -0.05) is 6.07 Å². The number of aliphatic hydroxyl groups excluding tert-OH is 1. The molecule has 5 nitrogen and oxygen atoms in total. The van der Waals surface area contributed by atoms with Crippen molar-refractivity contribution in [2.45, 2.75) is 6.04 Å². The molecule has 1 saturated heterocycles. The highest BCUT2D eigenvalue weighted by Crippen LogP contribution is 2.41. The first-order valence-corrected chi connectivity index (χ1v) is 6.09. The first-order chi connectivity index (χ1) is 8.75. The molecule has 0 spiro atoms. The Kier molecular flexibility index (Phi) is 2.89. The van der Waals surface area contributed by atoms with E-state index in [1.54, 1.807) is 0 Å². The van der Waals surface area contributed by atoms with Crippen LogP contribution in [0.1, 0.15) is 11.6 Å². The van der Waals surface area contributed by atoms with Gasteiger partial charge in [0.15, 0.2) is 11.5 Å². The summed E-state index contributed by atoms with van der Waals surface area (Å²) in [5.41, 5.74) is 6.83. The van der Waals surface area contributed by atoms with Crippen LogP contribution in [0, 0.1) is 5.41 Å². The lowest BCUT2D eigenvalue weighted by molar-refractivity contribution is -0.150. The lowest BCUT2D eigenvalue weighted by Crippen LogP contribution is -2.52. The lowest BCUT2D eigenvalue weighted by Gasteiger charge is -2.44. The maximum absolute atomic E-state index is 9.49. The van der Waals surface area contributed by atoms with E-state index in [4.69, 9.17) is 19.9 Å². The van der Waals surface area contributed by atoms with Crippen LogP contribution >= 0.6 is 0 Å². The van der Waals surface area contributed by atoms with Crippen molar-refractivity contribution in [3.63, 3.8) is 0 Å². The van der Waals surface area contributed by atoms with Crippen molar-refractivity contribution >= 4 is 0 Å². The van der Waals surface area contributed by atoms with Crippen LogP contribution in [0.2, 0.25) is 0 Å². The van der Waals surface area contributed by atoms with Crippen LogP contribution in [0.5, 0.6) is 11.5 Å². The third kappa shape index (κ3) is 1.75. The van der Waals surface area contributed by atoms with Gasteiger partial charge in [-0.05, 0) is 17.7 Å². The summed E-state index contributed by atoms with van der Waals surface area (Å²) in [6.45, 7) is 2.16. The second-order valence-electron chi connectivity index (χ2n) is 4.89. The SMILES string of the molecule is NC(c1ccc2c(c1)OCCO2)C1(CO)COC1. The molecule has 0 amide bonds. The standard InChI is InChI=1S/C13H17NO4/c14-12(13(6-15)7-16-8-13)9-1-2-10-11(5-9)18-4-3-17-10/h1-2,5,12,15H,3-4,6-8,14H2. The van der Waals surface area contributed by atoms with Gasteiger partial charge in [0.05, 0.1) is 25.2 Å². The van der Waals surface area contributed by atoms with Gasteiger partial charge in [0.2, 0.25) is 0 Å². The Morgan fingerprint density at radius 2 is 1.94 bits per heavy atom. The summed E-state index contributed by atoms with van der Waals surface area (Å²) in [5.74, 6) is 1.47. The van der Waals surface area contributed by atoms with Crippen LogP contribution in [0.15, 0.2) is 18.2 Å². The number of rotatable bonds is 3. The fourth-order valence-electron chi connectivity index (χ4n) is 2.34. The zero-order valence-corrected chi connectivity index (χ0v) is 10.1. The topological polar surface area (TPSA) is 73.9 Å². The van der Waals surface area contributed by atoms with Crippen molar-refractivity contribution in [2.75, 3.05) is 33.0 Å². The molecule has 1 fully saturated rings. The van der Waals surface area contributed by atoms with Crippen molar-refractivity contribution in [3.8, 4) is 11.5 Å². The number of benzene rings is 1. The highest BCUT2D eigenvalue weighted by Gasteiger charge is 2.44. The molecule has 0 bridgehead atoms. The van der Waals surface area contributed by atoms with E-state index < -0.39 is 0 Å². The fraction of sp³-hybridized carbons (Fsp3) is 0.538. The number of ether oxygens (including phenoxy) is 3. The predicted octanol–water partition coefficient (Wildman–Crippen LogP) is 0.466. The third-order valence-electron chi connectivity index (χ3n) is 3.68. The summed E-state index contributed by atoms with van der Waals surface area (Å²) in [7, 11) is 0.